The number of carbonyl (C=O) groups is 1. The maximum Gasteiger partial charge on any atom is 0.333 e. The van der Waals surface area contributed by atoms with Crippen molar-refractivity contribution >= 4 is 5.97 Å². The fourth-order valence-corrected chi connectivity index (χ4v) is 3.45. The zero-order valence-corrected chi connectivity index (χ0v) is 19.8. The van der Waals surface area contributed by atoms with Crippen LogP contribution in [-0.4, -0.2) is 25.8 Å². The molecular weight excluding hydrogens is 360 g/mol. The predicted octanol–water partition coefficient (Wildman–Crippen LogP) is 8.16. The molecule has 0 aliphatic heterocycles. The number of ether oxygens (including phenoxy) is 2. The molecule has 0 bridgehead atoms. The highest BCUT2D eigenvalue weighted by Crippen LogP contribution is 2.11. The Morgan fingerprint density at radius 2 is 0.931 bits per heavy atom. The third-order valence-corrected chi connectivity index (χ3v) is 5.41. The molecule has 0 aliphatic carbocycles. The summed E-state index contributed by atoms with van der Waals surface area (Å²) in [6.07, 6.45) is 23.6. The van der Waals surface area contributed by atoms with Crippen LogP contribution in [0.2, 0.25) is 0 Å². The Bertz CT molecular complexity index is 365. The van der Waals surface area contributed by atoms with E-state index in [0.717, 1.165) is 26.1 Å². The minimum atomic E-state index is -0.264. The van der Waals surface area contributed by atoms with Gasteiger partial charge in [0, 0.05) is 18.8 Å². The second-order valence-electron chi connectivity index (χ2n) is 8.54. The molecule has 0 aliphatic rings. The lowest BCUT2D eigenvalue weighted by atomic mass is 10.1. The fourth-order valence-electron chi connectivity index (χ4n) is 3.45. The standard InChI is InChI=1S/C26H50O3/c1-4-5-6-7-8-9-10-13-16-19-22-28-23-20-17-14-11-12-15-18-21-24-29-26(27)25(2)3/h2,4-24H2,1,3H3. The van der Waals surface area contributed by atoms with Gasteiger partial charge >= 0.3 is 5.97 Å². The van der Waals surface area contributed by atoms with Crippen molar-refractivity contribution in [3.05, 3.63) is 12.2 Å². The Morgan fingerprint density at radius 1 is 0.586 bits per heavy atom. The highest BCUT2D eigenvalue weighted by Gasteiger charge is 2.01. The summed E-state index contributed by atoms with van der Waals surface area (Å²) in [5.41, 5.74) is 0.484. The van der Waals surface area contributed by atoms with Crippen molar-refractivity contribution in [2.45, 2.75) is 129 Å². The third-order valence-electron chi connectivity index (χ3n) is 5.41. The Labute approximate surface area is 182 Å². The lowest BCUT2D eigenvalue weighted by Gasteiger charge is -2.06. The summed E-state index contributed by atoms with van der Waals surface area (Å²) in [6, 6.07) is 0. The van der Waals surface area contributed by atoms with Crippen molar-refractivity contribution in [2.24, 2.45) is 0 Å². The first-order chi connectivity index (χ1) is 14.2. The Morgan fingerprint density at radius 3 is 1.31 bits per heavy atom. The summed E-state index contributed by atoms with van der Waals surface area (Å²) < 4.78 is 10.9. The first-order valence-corrected chi connectivity index (χ1v) is 12.6. The van der Waals surface area contributed by atoms with Gasteiger partial charge in [0.25, 0.3) is 0 Å². The summed E-state index contributed by atoms with van der Waals surface area (Å²) in [5, 5.41) is 0. The van der Waals surface area contributed by atoms with E-state index in [2.05, 4.69) is 13.5 Å². The molecule has 0 unspecified atom stereocenters. The van der Waals surface area contributed by atoms with Crippen molar-refractivity contribution < 1.29 is 14.3 Å². The highest BCUT2D eigenvalue weighted by molar-refractivity contribution is 5.86. The molecule has 0 aromatic heterocycles. The smallest absolute Gasteiger partial charge is 0.333 e. The van der Waals surface area contributed by atoms with Gasteiger partial charge in [-0.3, -0.25) is 0 Å². The number of rotatable bonds is 23. The topological polar surface area (TPSA) is 35.5 Å². The van der Waals surface area contributed by atoms with Gasteiger partial charge in [-0.05, 0) is 26.2 Å². The molecule has 0 atom stereocenters. The van der Waals surface area contributed by atoms with Crippen LogP contribution in [0.3, 0.4) is 0 Å². The Hall–Kier alpha value is -0.830. The molecule has 3 heteroatoms. The quantitative estimate of drug-likeness (QED) is 0.0968. The summed E-state index contributed by atoms with van der Waals surface area (Å²) >= 11 is 0. The Kier molecular flexibility index (Phi) is 22.8. The molecule has 0 saturated heterocycles. The zero-order valence-electron chi connectivity index (χ0n) is 19.8. The van der Waals surface area contributed by atoms with Crippen molar-refractivity contribution in [3.8, 4) is 0 Å². The number of esters is 1. The number of carbonyl (C=O) groups excluding carboxylic acids is 1. The lowest BCUT2D eigenvalue weighted by molar-refractivity contribution is -0.139. The van der Waals surface area contributed by atoms with E-state index in [1.54, 1.807) is 6.92 Å². The van der Waals surface area contributed by atoms with E-state index in [0.29, 0.717) is 12.2 Å². The Balaban J connectivity index is 3.05. The number of unbranched alkanes of at least 4 members (excludes halogenated alkanes) is 16. The molecule has 0 aromatic carbocycles. The van der Waals surface area contributed by atoms with Crippen LogP contribution >= 0.6 is 0 Å². The van der Waals surface area contributed by atoms with Gasteiger partial charge < -0.3 is 9.47 Å². The van der Waals surface area contributed by atoms with Crippen LogP contribution in [0.15, 0.2) is 12.2 Å². The average molecular weight is 411 g/mol. The SMILES string of the molecule is C=C(C)C(=O)OCCCCCCCCCCOCCCCCCCCCCCC. The van der Waals surface area contributed by atoms with Gasteiger partial charge in [0.05, 0.1) is 6.61 Å². The maximum atomic E-state index is 11.2. The van der Waals surface area contributed by atoms with Gasteiger partial charge in [0.15, 0.2) is 0 Å². The minimum Gasteiger partial charge on any atom is -0.462 e. The summed E-state index contributed by atoms with van der Waals surface area (Å²) in [4.78, 5) is 11.2. The van der Waals surface area contributed by atoms with E-state index >= 15 is 0 Å². The minimum absolute atomic E-state index is 0.264. The molecule has 0 amide bonds. The molecular formula is C26H50O3. The van der Waals surface area contributed by atoms with Crippen molar-refractivity contribution in [2.75, 3.05) is 19.8 Å². The van der Waals surface area contributed by atoms with Crippen LogP contribution in [0.25, 0.3) is 0 Å². The zero-order chi connectivity index (χ0) is 21.4. The number of hydrogen-bond donors (Lipinski definition) is 0. The molecule has 0 saturated carbocycles. The summed E-state index contributed by atoms with van der Waals surface area (Å²) in [5.74, 6) is -0.264. The normalized spacial score (nSPS) is 11.0. The van der Waals surface area contributed by atoms with E-state index in [-0.39, 0.29) is 5.97 Å². The van der Waals surface area contributed by atoms with Gasteiger partial charge in [0.1, 0.15) is 0 Å². The van der Waals surface area contributed by atoms with Crippen LogP contribution in [0.5, 0.6) is 0 Å². The summed E-state index contributed by atoms with van der Waals surface area (Å²) in [7, 11) is 0. The van der Waals surface area contributed by atoms with Crippen molar-refractivity contribution in [1.29, 1.82) is 0 Å². The van der Waals surface area contributed by atoms with E-state index < -0.39 is 0 Å². The van der Waals surface area contributed by atoms with E-state index in [9.17, 15) is 4.79 Å². The van der Waals surface area contributed by atoms with Crippen molar-refractivity contribution in [1.82, 2.24) is 0 Å². The van der Waals surface area contributed by atoms with E-state index in [4.69, 9.17) is 9.47 Å². The predicted molar refractivity (Wildman–Crippen MR) is 125 cm³/mol. The lowest BCUT2D eigenvalue weighted by Crippen LogP contribution is -2.05. The largest absolute Gasteiger partial charge is 0.462 e. The molecule has 0 aromatic rings. The van der Waals surface area contributed by atoms with E-state index in [1.807, 2.05) is 0 Å². The monoisotopic (exact) mass is 410 g/mol. The number of hydrogen-bond acceptors (Lipinski definition) is 3. The molecule has 0 spiro atoms. The second kappa shape index (κ2) is 23.4. The molecule has 0 rings (SSSR count). The first kappa shape index (κ1) is 28.2. The van der Waals surface area contributed by atoms with Crippen LogP contribution < -0.4 is 0 Å². The summed E-state index contributed by atoms with van der Waals surface area (Å²) in [6.45, 7) is 9.96. The van der Waals surface area contributed by atoms with E-state index in [1.165, 1.54) is 103 Å². The van der Waals surface area contributed by atoms with Gasteiger partial charge in [-0.2, -0.15) is 0 Å². The third kappa shape index (κ3) is 23.3. The van der Waals surface area contributed by atoms with Crippen molar-refractivity contribution in [3.63, 3.8) is 0 Å². The molecule has 0 radical (unpaired) electrons. The molecule has 29 heavy (non-hydrogen) atoms. The van der Waals surface area contributed by atoms with Gasteiger partial charge in [-0.1, -0.05) is 110 Å². The molecule has 172 valence electrons. The van der Waals surface area contributed by atoms with Gasteiger partial charge in [-0.15, -0.1) is 0 Å². The molecule has 0 N–H and O–H groups in total. The molecule has 0 fully saturated rings. The second-order valence-corrected chi connectivity index (χ2v) is 8.54. The van der Waals surface area contributed by atoms with Gasteiger partial charge in [0.2, 0.25) is 0 Å². The van der Waals surface area contributed by atoms with Crippen LogP contribution in [0.4, 0.5) is 0 Å². The fraction of sp³-hybridized carbons (Fsp3) is 0.885. The average Bonchev–Trinajstić information content (AvgIpc) is 2.71. The van der Waals surface area contributed by atoms with Gasteiger partial charge in [-0.25, -0.2) is 4.79 Å². The van der Waals surface area contributed by atoms with Crippen LogP contribution in [0.1, 0.15) is 129 Å². The maximum absolute atomic E-state index is 11.2. The van der Waals surface area contributed by atoms with Crippen LogP contribution in [-0.2, 0) is 14.3 Å². The highest BCUT2D eigenvalue weighted by atomic mass is 16.5. The molecule has 0 heterocycles. The van der Waals surface area contributed by atoms with Crippen LogP contribution in [0, 0.1) is 0 Å². The first-order valence-electron chi connectivity index (χ1n) is 12.6. The molecule has 3 nitrogen and oxygen atoms in total.